The lowest BCUT2D eigenvalue weighted by molar-refractivity contribution is -0.0795. The van der Waals surface area contributed by atoms with Crippen LogP contribution in [-0.4, -0.2) is 54.8 Å². The topological polar surface area (TPSA) is 93.1 Å². The van der Waals surface area contributed by atoms with Gasteiger partial charge in [0.05, 0.1) is 25.1 Å². The van der Waals surface area contributed by atoms with Crippen LogP contribution in [0.2, 0.25) is 0 Å². The van der Waals surface area contributed by atoms with Crippen molar-refractivity contribution in [3.8, 4) is 0 Å². The van der Waals surface area contributed by atoms with Gasteiger partial charge in [0.15, 0.2) is 0 Å². The third kappa shape index (κ3) is 9.17. The molecule has 0 saturated carbocycles. The van der Waals surface area contributed by atoms with Crippen molar-refractivity contribution in [3.05, 3.63) is 0 Å². The number of nitrogens with zero attached hydrogens (tertiary/aromatic N) is 1. The molecule has 3 atom stereocenters. The highest BCUT2D eigenvalue weighted by Crippen LogP contribution is 2.26. The zero-order valence-electron chi connectivity index (χ0n) is 15.4. The molecule has 0 aliphatic carbocycles. The number of sulfonamides is 1. The molecule has 7 nitrogen and oxygen atoms in total. The van der Waals surface area contributed by atoms with Gasteiger partial charge in [-0.1, -0.05) is 20.8 Å². The molecule has 0 aliphatic rings. The lowest BCUT2D eigenvalue weighted by Crippen LogP contribution is -2.50. The van der Waals surface area contributed by atoms with Crippen LogP contribution in [0, 0.1) is 5.41 Å². The molecular formula is C14H32NO6PS. The molecule has 0 amide bonds. The summed E-state index contributed by atoms with van der Waals surface area (Å²) >= 11 is 0. The van der Waals surface area contributed by atoms with Crippen LogP contribution in [0.15, 0.2) is 0 Å². The summed E-state index contributed by atoms with van der Waals surface area (Å²) in [6.07, 6.45) is 0.316. The van der Waals surface area contributed by atoms with E-state index in [0.29, 0.717) is 0 Å². The van der Waals surface area contributed by atoms with Crippen LogP contribution in [0.5, 0.6) is 0 Å². The highest BCUT2D eigenvalue weighted by atomic mass is 32.2. The summed E-state index contributed by atoms with van der Waals surface area (Å²) in [5, 5.41) is 0. The third-order valence-electron chi connectivity index (χ3n) is 3.53. The molecule has 9 heteroatoms. The van der Waals surface area contributed by atoms with E-state index in [-0.39, 0.29) is 24.7 Å². The van der Waals surface area contributed by atoms with Crippen molar-refractivity contribution in [2.24, 2.45) is 5.41 Å². The molecule has 0 aromatic heterocycles. The van der Waals surface area contributed by atoms with Gasteiger partial charge in [0.2, 0.25) is 10.0 Å². The van der Waals surface area contributed by atoms with Crippen molar-refractivity contribution in [1.29, 1.82) is 0 Å². The van der Waals surface area contributed by atoms with Crippen molar-refractivity contribution in [2.75, 3.05) is 19.4 Å². The predicted octanol–water partition coefficient (Wildman–Crippen LogP) is 2.26. The zero-order valence-corrected chi connectivity index (χ0v) is 17.2. The van der Waals surface area contributed by atoms with E-state index in [9.17, 15) is 13.0 Å². The number of hydrogen-bond acceptors (Lipinski definition) is 5. The number of hydrogen-bond donors (Lipinski definition) is 1. The maximum absolute atomic E-state index is 12.1. The molecule has 0 heterocycles. The SMILES string of the molecule is C[C@H](O[C@H](CO[PH](=O)O)CN(C(C)(C)C)S(C)(=O)=O)C(C)(C)C. The molecular weight excluding hydrogens is 341 g/mol. The first-order chi connectivity index (χ1) is 10.0. The van der Waals surface area contributed by atoms with E-state index in [1.54, 1.807) is 20.8 Å². The predicted molar refractivity (Wildman–Crippen MR) is 92.3 cm³/mol. The van der Waals surface area contributed by atoms with Crippen LogP contribution in [-0.2, 0) is 23.8 Å². The molecule has 0 rings (SSSR count). The average Bonchev–Trinajstić information content (AvgIpc) is 2.27. The third-order valence-corrected chi connectivity index (χ3v) is 5.44. The Labute approximate surface area is 141 Å². The van der Waals surface area contributed by atoms with Crippen LogP contribution < -0.4 is 0 Å². The van der Waals surface area contributed by atoms with Crippen LogP contribution in [0.25, 0.3) is 0 Å². The molecule has 140 valence electrons. The summed E-state index contributed by atoms with van der Waals surface area (Å²) in [5.74, 6) is 0. The molecule has 1 unspecified atom stereocenters. The maximum atomic E-state index is 12.1. The first-order valence-corrected chi connectivity index (χ1v) is 10.7. The monoisotopic (exact) mass is 373 g/mol. The standard InChI is InChI=1S/C14H32NO6PS/c1-11(13(2,3)4)21-12(10-20-22(16)17)9-15(14(5,6)7)23(8,18)19/h11-12,22H,9-10H2,1-8H3,(H,16,17)/t11-,12-/m0/s1. The van der Waals surface area contributed by atoms with E-state index in [1.165, 1.54) is 4.31 Å². The molecule has 0 spiro atoms. The van der Waals surface area contributed by atoms with Crippen molar-refractivity contribution >= 4 is 18.3 Å². The second kappa shape index (κ2) is 8.41. The fourth-order valence-corrected chi connectivity index (χ4v) is 3.64. The lowest BCUT2D eigenvalue weighted by atomic mass is 9.90. The van der Waals surface area contributed by atoms with E-state index in [1.807, 2.05) is 27.7 Å². The second-order valence-corrected chi connectivity index (χ2v) is 10.5. The number of rotatable bonds is 8. The van der Waals surface area contributed by atoms with E-state index in [0.717, 1.165) is 6.26 Å². The minimum atomic E-state index is -3.46. The maximum Gasteiger partial charge on any atom is 0.316 e. The van der Waals surface area contributed by atoms with Gasteiger partial charge in [-0.3, -0.25) is 4.57 Å². The van der Waals surface area contributed by atoms with E-state index >= 15 is 0 Å². The van der Waals surface area contributed by atoms with Crippen molar-refractivity contribution in [2.45, 2.75) is 66.2 Å². The Morgan fingerprint density at radius 1 is 1.17 bits per heavy atom. The van der Waals surface area contributed by atoms with Crippen molar-refractivity contribution in [3.63, 3.8) is 0 Å². The van der Waals surface area contributed by atoms with Crippen LogP contribution >= 0.6 is 8.25 Å². The molecule has 0 aromatic carbocycles. The Bertz CT molecular complexity index is 494. The van der Waals surface area contributed by atoms with E-state index < -0.39 is 29.9 Å². The smallest absolute Gasteiger partial charge is 0.316 e. The zero-order chi connectivity index (χ0) is 18.6. The van der Waals surface area contributed by atoms with Crippen molar-refractivity contribution in [1.82, 2.24) is 4.31 Å². The summed E-state index contributed by atoms with van der Waals surface area (Å²) in [6, 6.07) is 0. The molecule has 0 aromatic rings. The highest BCUT2D eigenvalue weighted by molar-refractivity contribution is 7.88. The molecule has 0 aliphatic heterocycles. The minimum absolute atomic E-state index is 0.0535. The Morgan fingerprint density at radius 2 is 1.65 bits per heavy atom. The van der Waals surface area contributed by atoms with Gasteiger partial charge in [0.1, 0.15) is 0 Å². The number of ether oxygens (including phenoxy) is 1. The van der Waals surface area contributed by atoms with Crippen LogP contribution in [0.1, 0.15) is 48.5 Å². The summed E-state index contributed by atoms with van der Waals surface area (Å²) < 4.78 is 47.0. The quantitative estimate of drug-likeness (QED) is 0.656. The minimum Gasteiger partial charge on any atom is -0.371 e. The Morgan fingerprint density at radius 3 is 1.96 bits per heavy atom. The summed E-state index contributed by atoms with van der Waals surface area (Å²) in [6.45, 7) is 13.2. The second-order valence-electron chi connectivity index (χ2n) is 7.81. The Balaban J connectivity index is 5.30. The van der Waals surface area contributed by atoms with Gasteiger partial charge in [0.25, 0.3) is 0 Å². The van der Waals surface area contributed by atoms with Gasteiger partial charge < -0.3 is 14.2 Å². The molecule has 1 N–H and O–H groups in total. The normalized spacial score (nSPS) is 18.0. The van der Waals surface area contributed by atoms with Crippen LogP contribution in [0.3, 0.4) is 0 Å². The van der Waals surface area contributed by atoms with Crippen molar-refractivity contribution < 1.29 is 27.1 Å². The molecule has 0 bridgehead atoms. The molecule has 0 radical (unpaired) electrons. The highest BCUT2D eigenvalue weighted by Gasteiger charge is 2.34. The van der Waals surface area contributed by atoms with Gasteiger partial charge in [-0.15, -0.1) is 0 Å². The van der Waals surface area contributed by atoms with Gasteiger partial charge >= 0.3 is 8.25 Å². The van der Waals surface area contributed by atoms with Gasteiger partial charge in [-0.05, 0) is 33.1 Å². The van der Waals surface area contributed by atoms with Gasteiger partial charge in [0, 0.05) is 12.1 Å². The molecule has 0 saturated heterocycles. The summed E-state index contributed by atoms with van der Waals surface area (Å²) in [4.78, 5) is 8.89. The Hall–Kier alpha value is 0.0200. The van der Waals surface area contributed by atoms with Crippen LogP contribution in [0.4, 0.5) is 0 Å². The average molecular weight is 373 g/mol. The Kier molecular flexibility index (Phi) is 8.41. The van der Waals surface area contributed by atoms with E-state index in [4.69, 9.17) is 14.2 Å². The molecule has 23 heavy (non-hydrogen) atoms. The summed E-state index contributed by atoms with van der Waals surface area (Å²) in [7, 11) is -6.57. The first-order valence-electron chi connectivity index (χ1n) is 7.54. The van der Waals surface area contributed by atoms with Gasteiger partial charge in [-0.2, -0.15) is 4.31 Å². The first kappa shape index (κ1) is 23.0. The van der Waals surface area contributed by atoms with E-state index in [2.05, 4.69) is 0 Å². The largest absolute Gasteiger partial charge is 0.371 e. The molecule has 0 fully saturated rings. The fraction of sp³-hybridized carbons (Fsp3) is 1.00. The fourth-order valence-electron chi connectivity index (χ4n) is 1.88. The van der Waals surface area contributed by atoms with Gasteiger partial charge in [-0.25, -0.2) is 8.42 Å². The summed E-state index contributed by atoms with van der Waals surface area (Å²) in [5.41, 5.74) is -0.787. The lowest BCUT2D eigenvalue weighted by Gasteiger charge is -2.38.